The lowest BCUT2D eigenvalue weighted by Gasteiger charge is -2.32. The van der Waals surface area contributed by atoms with E-state index in [1.54, 1.807) is 10.4 Å². The minimum Gasteiger partial charge on any atom is -0.206 e. The van der Waals surface area contributed by atoms with Crippen LogP contribution < -0.4 is 0 Å². The summed E-state index contributed by atoms with van der Waals surface area (Å²) in [5, 5.41) is 0. The van der Waals surface area contributed by atoms with Gasteiger partial charge >= 0.3 is 0 Å². The molecule has 108 valence electrons. The van der Waals surface area contributed by atoms with Gasteiger partial charge in [0.1, 0.15) is 4.21 Å². The lowest BCUT2D eigenvalue weighted by Crippen LogP contribution is -2.42. The molecule has 0 aliphatic heterocycles. The molecule has 1 fully saturated rings. The Bertz CT molecular complexity index is 506. The fraction of sp³-hybridized carbons (Fsp3) is 0.692. The van der Waals surface area contributed by atoms with Gasteiger partial charge in [-0.15, -0.1) is 22.9 Å². The number of thiophene rings is 1. The first-order valence-electron chi connectivity index (χ1n) is 6.70. The van der Waals surface area contributed by atoms with Gasteiger partial charge in [-0.25, -0.2) is 8.42 Å². The minimum absolute atomic E-state index is 0.125. The highest BCUT2D eigenvalue weighted by Gasteiger charge is 2.32. The molecule has 0 N–H and O–H groups in total. The summed E-state index contributed by atoms with van der Waals surface area (Å²) in [6, 6.07) is 3.69. The Morgan fingerprint density at radius 1 is 1.32 bits per heavy atom. The molecule has 0 aromatic carbocycles. The SMILES string of the molecule is Cc1ccc(S(=O)(=O)N(CCCl)C2CCCCC2)s1. The first-order chi connectivity index (χ1) is 9.05. The van der Waals surface area contributed by atoms with Gasteiger partial charge in [0.05, 0.1) is 0 Å². The molecule has 0 amide bonds. The van der Waals surface area contributed by atoms with Gasteiger partial charge in [0, 0.05) is 23.3 Å². The van der Waals surface area contributed by atoms with Crippen molar-refractivity contribution in [3.05, 3.63) is 17.0 Å². The Labute approximate surface area is 124 Å². The predicted molar refractivity (Wildman–Crippen MR) is 80.5 cm³/mol. The van der Waals surface area contributed by atoms with Gasteiger partial charge in [0.25, 0.3) is 10.0 Å². The van der Waals surface area contributed by atoms with E-state index in [0.29, 0.717) is 16.6 Å². The molecule has 0 spiro atoms. The molecule has 1 aliphatic carbocycles. The molecule has 1 heterocycles. The molecule has 1 aliphatic rings. The number of aryl methyl sites for hydroxylation is 1. The van der Waals surface area contributed by atoms with Crippen LogP contribution in [0.4, 0.5) is 0 Å². The van der Waals surface area contributed by atoms with Crippen LogP contribution in [0, 0.1) is 6.92 Å². The summed E-state index contributed by atoms with van der Waals surface area (Å²) in [6.45, 7) is 2.34. The molecule has 0 unspecified atom stereocenters. The van der Waals surface area contributed by atoms with E-state index in [1.165, 1.54) is 17.8 Å². The zero-order valence-electron chi connectivity index (χ0n) is 11.1. The normalized spacial score (nSPS) is 18.1. The zero-order valence-corrected chi connectivity index (χ0v) is 13.5. The number of alkyl halides is 1. The molecule has 1 aromatic rings. The highest BCUT2D eigenvalue weighted by Crippen LogP contribution is 2.30. The monoisotopic (exact) mass is 321 g/mol. The molecule has 1 aromatic heterocycles. The fourth-order valence-corrected chi connectivity index (χ4v) is 6.00. The average Bonchev–Trinajstić information content (AvgIpc) is 2.84. The van der Waals surface area contributed by atoms with Crippen molar-refractivity contribution in [2.24, 2.45) is 0 Å². The van der Waals surface area contributed by atoms with E-state index in [4.69, 9.17) is 11.6 Å². The Hall–Kier alpha value is -0.100. The lowest BCUT2D eigenvalue weighted by molar-refractivity contribution is 0.262. The second-order valence-corrected chi connectivity index (χ2v) is 8.74. The minimum atomic E-state index is -3.37. The maximum atomic E-state index is 12.7. The third-order valence-electron chi connectivity index (χ3n) is 3.57. The number of halogens is 1. The standard InChI is InChI=1S/C13H20ClNO2S2/c1-11-7-8-13(18-11)19(16,17)15(10-9-14)12-5-3-2-4-6-12/h7-8,12H,2-6,9-10H2,1H3. The van der Waals surface area contributed by atoms with Crippen molar-refractivity contribution in [3.8, 4) is 0 Å². The van der Waals surface area contributed by atoms with E-state index in [2.05, 4.69) is 0 Å². The van der Waals surface area contributed by atoms with Crippen molar-refractivity contribution in [1.29, 1.82) is 0 Å². The van der Waals surface area contributed by atoms with Gasteiger partial charge in [-0.05, 0) is 31.9 Å². The Morgan fingerprint density at radius 2 is 2.00 bits per heavy atom. The van der Waals surface area contributed by atoms with Gasteiger partial charge in [0.2, 0.25) is 0 Å². The van der Waals surface area contributed by atoms with E-state index in [0.717, 1.165) is 30.6 Å². The summed E-state index contributed by atoms with van der Waals surface area (Å²) in [5.74, 6) is 0.347. The van der Waals surface area contributed by atoms with Gasteiger partial charge < -0.3 is 0 Å². The number of rotatable bonds is 5. The maximum Gasteiger partial charge on any atom is 0.252 e. The second-order valence-electron chi connectivity index (χ2n) is 4.96. The first-order valence-corrected chi connectivity index (χ1v) is 9.49. The van der Waals surface area contributed by atoms with E-state index in [9.17, 15) is 8.42 Å². The smallest absolute Gasteiger partial charge is 0.206 e. The first kappa shape index (κ1) is 15.3. The fourth-order valence-electron chi connectivity index (χ4n) is 2.62. The summed E-state index contributed by atoms with van der Waals surface area (Å²) in [6.07, 6.45) is 5.36. The van der Waals surface area contributed by atoms with Crippen molar-refractivity contribution >= 4 is 33.0 Å². The molecule has 6 heteroatoms. The third-order valence-corrected chi connectivity index (χ3v) is 7.15. The highest BCUT2D eigenvalue weighted by atomic mass is 35.5. The molecular weight excluding hydrogens is 302 g/mol. The summed E-state index contributed by atoms with van der Waals surface area (Å²) >= 11 is 7.15. The summed E-state index contributed by atoms with van der Waals surface area (Å²) in [7, 11) is -3.37. The van der Waals surface area contributed by atoms with Crippen LogP contribution in [0.25, 0.3) is 0 Å². The van der Waals surface area contributed by atoms with Crippen LogP contribution >= 0.6 is 22.9 Å². The summed E-state index contributed by atoms with van der Waals surface area (Å²) in [4.78, 5) is 1.02. The Kier molecular flexibility index (Phi) is 5.29. The summed E-state index contributed by atoms with van der Waals surface area (Å²) in [5.41, 5.74) is 0. The van der Waals surface area contributed by atoms with Crippen molar-refractivity contribution < 1.29 is 8.42 Å². The Morgan fingerprint density at radius 3 is 2.53 bits per heavy atom. The number of sulfonamides is 1. The lowest BCUT2D eigenvalue weighted by atomic mass is 9.95. The number of hydrogen-bond acceptors (Lipinski definition) is 3. The quantitative estimate of drug-likeness (QED) is 0.777. The van der Waals surface area contributed by atoms with Crippen LogP contribution in [0.15, 0.2) is 16.3 Å². The maximum absolute atomic E-state index is 12.7. The largest absolute Gasteiger partial charge is 0.252 e. The van der Waals surface area contributed by atoms with E-state index < -0.39 is 10.0 Å². The van der Waals surface area contributed by atoms with Crippen LogP contribution in [0.1, 0.15) is 37.0 Å². The highest BCUT2D eigenvalue weighted by molar-refractivity contribution is 7.91. The zero-order chi connectivity index (χ0) is 13.9. The molecule has 3 nitrogen and oxygen atoms in total. The Balaban J connectivity index is 2.26. The van der Waals surface area contributed by atoms with E-state index >= 15 is 0 Å². The van der Waals surface area contributed by atoms with E-state index in [1.807, 2.05) is 13.0 Å². The average molecular weight is 322 g/mol. The van der Waals surface area contributed by atoms with Gasteiger partial charge in [0.15, 0.2) is 0 Å². The van der Waals surface area contributed by atoms with E-state index in [-0.39, 0.29) is 6.04 Å². The van der Waals surface area contributed by atoms with Crippen LogP contribution in [-0.2, 0) is 10.0 Å². The topological polar surface area (TPSA) is 37.4 Å². The predicted octanol–water partition coefficient (Wildman–Crippen LogP) is 3.62. The van der Waals surface area contributed by atoms with Gasteiger partial charge in [-0.3, -0.25) is 0 Å². The summed E-state index contributed by atoms with van der Waals surface area (Å²) < 4.78 is 27.5. The molecule has 0 radical (unpaired) electrons. The van der Waals surface area contributed by atoms with Crippen molar-refractivity contribution in [2.75, 3.05) is 12.4 Å². The molecule has 0 atom stereocenters. The molecule has 2 rings (SSSR count). The third kappa shape index (κ3) is 3.51. The van der Waals surface area contributed by atoms with Crippen molar-refractivity contribution in [3.63, 3.8) is 0 Å². The second kappa shape index (κ2) is 6.57. The molecule has 0 bridgehead atoms. The van der Waals surface area contributed by atoms with Gasteiger partial charge in [-0.1, -0.05) is 19.3 Å². The number of nitrogens with zero attached hydrogens (tertiary/aromatic N) is 1. The molecule has 19 heavy (non-hydrogen) atoms. The number of hydrogen-bond donors (Lipinski definition) is 0. The van der Waals surface area contributed by atoms with Crippen LogP contribution in [-0.4, -0.2) is 31.2 Å². The molecule has 0 saturated heterocycles. The molecule has 1 saturated carbocycles. The molecular formula is C13H20ClNO2S2. The van der Waals surface area contributed by atoms with Gasteiger partial charge in [-0.2, -0.15) is 4.31 Å². The van der Waals surface area contributed by atoms with Crippen LogP contribution in [0.3, 0.4) is 0 Å². The van der Waals surface area contributed by atoms with Crippen LogP contribution in [0.5, 0.6) is 0 Å². The van der Waals surface area contributed by atoms with Crippen LogP contribution in [0.2, 0.25) is 0 Å². The van der Waals surface area contributed by atoms with Crippen molar-refractivity contribution in [2.45, 2.75) is 49.3 Å². The van der Waals surface area contributed by atoms with Crippen molar-refractivity contribution in [1.82, 2.24) is 4.31 Å².